The number of hydrogen-bond acceptors (Lipinski definition) is 4. The van der Waals surface area contributed by atoms with Crippen molar-refractivity contribution in [1.82, 2.24) is 9.88 Å². The van der Waals surface area contributed by atoms with Crippen molar-refractivity contribution in [3.05, 3.63) is 16.1 Å². The van der Waals surface area contributed by atoms with Gasteiger partial charge in [-0.1, -0.05) is 30.1 Å². The van der Waals surface area contributed by atoms with Crippen molar-refractivity contribution >= 4 is 34.8 Å². The molecule has 0 aromatic carbocycles. The summed E-state index contributed by atoms with van der Waals surface area (Å²) in [6.45, 7) is 8.05. The van der Waals surface area contributed by atoms with Crippen LogP contribution in [0.4, 0.5) is 11.6 Å². The lowest BCUT2D eigenvalue weighted by molar-refractivity contribution is 0.233. The van der Waals surface area contributed by atoms with Crippen molar-refractivity contribution < 1.29 is 0 Å². The standard InChI is InChI=1S/C14H22Cl2N4/c1-4-5-17-13-11(15)8-12(16)14(18-13)20-7-6-19(3)10(2)9-20/h8,10H,4-7,9H2,1-3H3,(H,17,18). The third-order valence-electron chi connectivity index (χ3n) is 3.71. The summed E-state index contributed by atoms with van der Waals surface area (Å²) in [4.78, 5) is 9.21. The van der Waals surface area contributed by atoms with Gasteiger partial charge in [-0.2, -0.15) is 0 Å². The average Bonchev–Trinajstić information content (AvgIpc) is 2.41. The first-order valence-electron chi connectivity index (χ1n) is 7.08. The minimum absolute atomic E-state index is 0.490. The van der Waals surface area contributed by atoms with Gasteiger partial charge in [0.25, 0.3) is 0 Å². The van der Waals surface area contributed by atoms with Gasteiger partial charge in [-0.15, -0.1) is 0 Å². The van der Waals surface area contributed by atoms with E-state index in [1.807, 2.05) is 0 Å². The Morgan fingerprint density at radius 1 is 1.35 bits per heavy atom. The Balaban J connectivity index is 2.22. The van der Waals surface area contributed by atoms with Crippen LogP contribution in [0.2, 0.25) is 10.0 Å². The number of rotatable bonds is 4. The Bertz CT molecular complexity index is 467. The summed E-state index contributed by atoms with van der Waals surface area (Å²) in [6.07, 6.45) is 1.03. The lowest BCUT2D eigenvalue weighted by atomic mass is 10.2. The van der Waals surface area contributed by atoms with Gasteiger partial charge in [0, 0.05) is 32.2 Å². The molecule has 1 aliphatic heterocycles. The Labute approximate surface area is 131 Å². The smallest absolute Gasteiger partial charge is 0.150 e. The van der Waals surface area contributed by atoms with Gasteiger partial charge >= 0.3 is 0 Å². The molecule has 6 heteroatoms. The first kappa shape index (κ1) is 15.7. The summed E-state index contributed by atoms with van der Waals surface area (Å²) >= 11 is 12.5. The van der Waals surface area contributed by atoms with E-state index in [1.165, 1.54) is 0 Å². The fourth-order valence-electron chi connectivity index (χ4n) is 2.29. The van der Waals surface area contributed by atoms with Crippen molar-refractivity contribution in [2.45, 2.75) is 26.3 Å². The van der Waals surface area contributed by atoms with Gasteiger partial charge < -0.3 is 15.1 Å². The molecule has 1 N–H and O–H groups in total. The number of nitrogens with zero attached hydrogens (tertiary/aromatic N) is 3. The molecular weight excluding hydrogens is 295 g/mol. The molecule has 0 amide bonds. The zero-order chi connectivity index (χ0) is 14.7. The van der Waals surface area contributed by atoms with Gasteiger partial charge in [0.2, 0.25) is 0 Å². The third-order valence-corrected chi connectivity index (χ3v) is 4.28. The van der Waals surface area contributed by atoms with Crippen LogP contribution >= 0.6 is 23.2 Å². The van der Waals surface area contributed by atoms with Gasteiger partial charge in [-0.3, -0.25) is 0 Å². The van der Waals surface area contributed by atoms with E-state index in [9.17, 15) is 0 Å². The zero-order valence-corrected chi connectivity index (χ0v) is 13.8. The molecule has 1 aromatic rings. The van der Waals surface area contributed by atoms with Crippen LogP contribution in [0.3, 0.4) is 0 Å². The summed E-state index contributed by atoms with van der Waals surface area (Å²) < 4.78 is 0. The Morgan fingerprint density at radius 3 is 2.75 bits per heavy atom. The second-order valence-corrected chi connectivity index (χ2v) is 6.14. The maximum absolute atomic E-state index is 6.32. The Hall–Kier alpha value is -0.710. The molecule has 112 valence electrons. The summed E-state index contributed by atoms with van der Waals surface area (Å²) in [5, 5.41) is 4.45. The second-order valence-electron chi connectivity index (χ2n) is 5.33. The predicted molar refractivity (Wildman–Crippen MR) is 87.3 cm³/mol. The lowest BCUT2D eigenvalue weighted by Gasteiger charge is -2.38. The maximum Gasteiger partial charge on any atom is 0.150 e. The second kappa shape index (κ2) is 6.83. The van der Waals surface area contributed by atoms with Gasteiger partial charge in [0.15, 0.2) is 0 Å². The van der Waals surface area contributed by atoms with Crippen LogP contribution < -0.4 is 10.2 Å². The fraction of sp³-hybridized carbons (Fsp3) is 0.643. The van der Waals surface area contributed by atoms with Gasteiger partial charge in [-0.05, 0) is 26.5 Å². The van der Waals surface area contributed by atoms with Crippen LogP contribution in [0.1, 0.15) is 20.3 Å². The number of aromatic nitrogens is 1. The summed E-state index contributed by atoms with van der Waals surface area (Å²) in [5.74, 6) is 1.55. The van der Waals surface area contributed by atoms with Crippen LogP contribution in [0, 0.1) is 0 Å². The monoisotopic (exact) mass is 316 g/mol. The number of halogens is 2. The van der Waals surface area contributed by atoms with Crippen molar-refractivity contribution in [3.8, 4) is 0 Å². The fourth-order valence-corrected chi connectivity index (χ4v) is 2.83. The van der Waals surface area contributed by atoms with E-state index in [1.54, 1.807) is 6.07 Å². The molecule has 1 saturated heterocycles. The molecule has 0 aliphatic carbocycles. The normalized spacial score (nSPS) is 20.2. The average molecular weight is 317 g/mol. The van der Waals surface area contributed by atoms with E-state index in [0.29, 0.717) is 16.1 Å². The molecule has 1 fully saturated rings. The summed E-state index contributed by atoms with van der Waals surface area (Å²) in [6, 6.07) is 2.27. The van der Waals surface area contributed by atoms with E-state index >= 15 is 0 Å². The van der Waals surface area contributed by atoms with Gasteiger partial charge in [-0.25, -0.2) is 4.98 Å². The van der Waals surface area contributed by atoms with Crippen LogP contribution in [0.25, 0.3) is 0 Å². The summed E-state index contributed by atoms with van der Waals surface area (Å²) in [5.41, 5.74) is 0. The molecule has 0 bridgehead atoms. The largest absolute Gasteiger partial charge is 0.369 e. The molecule has 2 rings (SSSR count). The summed E-state index contributed by atoms with van der Waals surface area (Å²) in [7, 11) is 2.15. The number of anilines is 2. The van der Waals surface area contributed by atoms with Crippen LogP contribution in [0.15, 0.2) is 6.07 Å². The van der Waals surface area contributed by atoms with Crippen molar-refractivity contribution in [1.29, 1.82) is 0 Å². The van der Waals surface area contributed by atoms with Crippen LogP contribution in [-0.4, -0.2) is 49.2 Å². The highest BCUT2D eigenvalue weighted by molar-refractivity contribution is 6.37. The predicted octanol–water partition coefficient (Wildman–Crippen LogP) is 3.35. The molecule has 0 spiro atoms. The topological polar surface area (TPSA) is 31.4 Å². The molecule has 20 heavy (non-hydrogen) atoms. The van der Waals surface area contributed by atoms with E-state index < -0.39 is 0 Å². The third kappa shape index (κ3) is 3.48. The van der Waals surface area contributed by atoms with Crippen molar-refractivity contribution in [2.24, 2.45) is 0 Å². The molecule has 1 aliphatic rings. The number of nitrogens with one attached hydrogen (secondary N) is 1. The van der Waals surface area contributed by atoms with E-state index in [-0.39, 0.29) is 0 Å². The maximum atomic E-state index is 6.32. The Morgan fingerprint density at radius 2 is 2.10 bits per heavy atom. The first-order chi connectivity index (χ1) is 9.52. The number of likely N-dealkylation sites (N-methyl/N-ethyl adjacent to an activating group) is 1. The molecular formula is C14H22Cl2N4. The van der Waals surface area contributed by atoms with E-state index in [0.717, 1.165) is 44.2 Å². The minimum atomic E-state index is 0.490. The molecule has 2 heterocycles. The number of hydrogen-bond donors (Lipinski definition) is 1. The number of pyridine rings is 1. The highest BCUT2D eigenvalue weighted by atomic mass is 35.5. The molecule has 0 radical (unpaired) electrons. The van der Waals surface area contributed by atoms with Crippen molar-refractivity contribution in [3.63, 3.8) is 0 Å². The minimum Gasteiger partial charge on any atom is -0.369 e. The van der Waals surface area contributed by atoms with E-state index in [4.69, 9.17) is 23.2 Å². The first-order valence-corrected chi connectivity index (χ1v) is 7.83. The highest BCUT2D eigenvalue weighted by Gasteiger charge is 2.24. The molecule has 1 aromatic heterocycles. The molecule has 4 nitrogen and oxygen atoms in total. The number of piperazine rings is 1. The highest BCUT2D eigenvalue weighted by Crippen LogP contribution is 2.32. The molecule has 1 atom stereocenters. The van der Waals surface area contributed by atoms with E-state index in [2.05, 4.69) is 41.0 Å². The zero-order valence-electron chi connectivity index (χ0n) is 12.3. The molecule has 0 saturated carbocycles. The quantitative estimate of drug-likeness (QED) is 0.923. The van der Waals surface area contributed by atoms with Crippen LogP contribution in [-0.2, 0) is 0 Å². The van der Waals surface area contributed by atoms with Crippen molar-refractivity contribution in [2.75, 3.05) is 43.4 Å². The van der Waals surface area contributed by atoms with Gasteiger partial charge in [0.1, 0.15) is 11.6 Å². The van der Waals surface area contributed by atoms with Gasteiger partial charge in [0.05, 0.1) is 10.0 Å². The SMILES string of the molecule is CCCNc1nc(N2CCN(C)C(C)C2)c(Cl)cc1Cl. The lowest BCUT2D eigenvalue weighted by Crippen LogP contribution is -2.50. The Kier molecular flexibility index (Phi) is 5.35. The van der Waals surface area contributed by atoms with Crippen LogP contribution in [0.5, 0.6) is 0 Å². The molecule has 1 unspecified atom stereocenters.